The predicted octanol–water partition coefficient (Wildman–Crippen LogP) is 0.507. The van der Waals surface area contributed by atoms with Crippen LogP contribution in [-0.2, 0) is 9.59 Å². The highest BCUT2D eigenvalue weighted by Gasteiger charge is 2.24. The third-order valence-corrected chi connectivity index (χ3v) is 3.35. The van der Waals surface area contributed by atoms with E-state index in [9.17, 15) is 9.59 Å². The van der Waals surface area contributed by atoms with Gasteiger partial charge in [0.05, 0.1) is 5.92 Å². The Balaban J connectivity index is 2.34. The van der Waals surface area contributed by atoms with Crippen LogP contribution in [0.3, 0.4) is 0 Å². The number of hydrogen-bond acceptors (Lipinski definition) is 3. The van der Waals surface area contributed by atoms with Gasteiger partial charge in [-0.15, -0.1) is 0 Å². The molecule has 1 amide bonds. The van der Waals surface area contributed by atoms with Crippen LogP contribution in [-0.4, -0.2) is 60.5 Å². The Bertz CT molecular complexity index is 293. The van der Waals surface area contributed by atoms with Crippen molar-refractivity contribution < 1.29 is 14.7 Å². The molecule has 0 radical (unpaired) electrons. The Morgan fingerprint density at radius 3 is 2.65 bits per heavy atom. The number of carboxylic acid groups (broad SMARTS) is 1. The van der Waals surface area contributed by atoms with E-state index < -0.39 is 11.9 Å². The van der Waals surface area contributed by atoms with Gasteiger partial charge < -0.3 is 14.9 Å². The second-order valence-electron chi connectivity index (χ2n) is 5.13. The van der Waals surface area contributed by atoms with Gasteiger partial charge in [0.25, 0.3) is 0 Å². The van der Waals surface area contributed by atoms with Crippen molar-refractivity contribution in [3.8, 4) is 0 Å². The third-order valence-electron chi connectivity index (χ3n) is 3.35. The predicted molar refractivity (Wildman–Crippen MR) is 64.7 cm³/mol. The van der Waals surface area contributed by atoms with Gasteiger partial charge >= 0.3 is 5.97 Å². The van der Waals surface area contributed by atoms with Crippen molar-refractivity contribution in [2.24, 2.45) is 11.8 Å². The van der Waals surface area contributed by atoms with Crippen LogP contribution in [0.1, 0.15) is 19.8 Å². The van der Waals surface area contributed by atoms with Crippen LogP contribution >= 0.6 is 0 Å². The second kappa shape index (κ2) is 6.00. The van der Waals surface area contributed by atoms with Crippen molar-refractivity contribution in [2.45, 2.75) is 19.8 Å². The van der Waals surface area contributed by atoms with Gasteiger partial charge in [-0.1, -0.05) is 6.92 Å². The fraction of sp³-hybridized carbons (Fsp3) is 0.833. The second-order valence-corrected chi connectivity index (χ2v) is 5.13. The molecule has 1 rings (SSSR count). The summed E-state index contributed by atoms with van der Waals surface area (Å²) in [6.45, 7) is 4.40. The molecule has 98 valence electrons. The molecular weight excluding hydrogens is 220 g/mol. The summed E-state index contributed by atoms with van der Waals surface area (Å²) in [5.41, 5.74) is 0. The first kappa shape index (κ1) is 14.0. The molecule has 17 heavy (non-hydrogen) atoms. The average Bonchev–Trinajstić information content (AvgIpc) is 2.63. The normalized spacial score (nSPS) is 22.4. The Hall–Kier alpha value is -1.10. The van der Waals surface area contributed by atoms with Crippen molar-refractivity contribution in [3.63, 3.8) is 0 Å². The van der Waals surface area contributed by atoms with E-state index in [0.29, 0.717) is 5.92 Å². The lowest BCUT2D eigenvalue weighted by atomic mass is 10.1. The molecule has 2 unspecified atom stereocenters. The summed E-state index contributed by atoms with van der Waals surface area (Å²) in [6, 6.07) is 0. The quantitative estimate of drug-likeness (QED) is 0.763. The summed E-state index contributed by atoms with van der Waals surface area (Å²) in [5, 5.41) is 8.75. The van der Waals surface area contributed by atoms with E-state index in [0.717, 1.165) is 26.1 Å². The van der Waals surface area contributed by atoms with Gasteiger partial charge in [0.2, 0.25) is 5.91 Å². The molecule has 1 fully saturated rings. The fourth-order valence-electron chi connectivity index (χ4n) is 2.17. The SMILES string of the molecule is CC(CC(=O)N(C)CC1CCN(C)C1)C(=O)O. The van der Waals surface area contributed by atoms with Crippen molar-refractivity contribution in [3.05, 3.63) is 0 Å². The summed E-state index contributed by atoms with van der Waals surface area (Å²) in [5.74, 6) is -1.06. The maximum atomic E-state index is 11.8. The number of carbonyl (C=O) groups excluding carboxylic acids is 1. The summed E-state index contributed by atoms with van der Waals surface area (Å²) in [4.78, 5) is 26.4. The highest BCUT2D eigenvalue weighted by molar-refractivity contribution is 5.81. The van der Waals surface area contributed by atoms with E-state index in [1.165, 1.54) is 0 Å². The maximum absolute atomic E-state index is 11.8. The van der Waals surface area contributed by atoms with Crippen molar-refractivity contribution in [1.82, 2.24) is 9.80 Å². The largest absolute Gasteiger partial charge is 0.481 e. The lowest BCUT2D eigenvalue weighted by Crippen LogP contribution is -2.34. The van der Waals surface area contributed by atoms with Gasteiger partial charge in [-0.3, -0.25) is 9.59 Å². The molecule has 0 spiro atoms. The van der Waals surface area contributed by atoms with Crippen molar-refractivity contribution in [1.29, 1.82) is 0 Å². The van der Waals surface area contributed by atoms with Crippen molar-refractivity contribution in [2.75, 3.05) is 33.7 Å². The molecule has 0 saturated carbocycles. The zero-order valence-electron chi connectivity index (χ0n) is 10.8. The molecule has 5 nitrogen and oxygen atoms in total. The average molecular weight is 242 g/mol. The van der Waals surface area contributed by atoms with Crippen LogP contribution in [0.25, 0.3) is 0 Å². The summed E-state index contributed by atoms with van der Waals surface area (Å²) in [7, 11) is 3.84. The van der Waals surface area contributed by atoms with E-state index in [1.54, 1.807) is 18.9 Å². The summed E-state index contributed by atoms with van der Waals surface area (Å²) >= 11 is 0. The van der Waals surface area contributed by atoms with Crippen molar-refractivity contribution >= 4 is 11.9 Å². The number of carboxylic acids is 1. The van der Waals surface area contributed by atoms with Gasteiger partial charge in [0, 0.05) is 26.6 Å². The molecule has 0 aromatic rings. The molecule has 0 bridgehead atoms. The van der Waals surface area contributed by atoms with E-state index in [4.69, 9.17) is 5.11 Å². The van der Waals surface area contributed by atoms with Crippen LogP contribution in [0.4, 0.5) is 0 Å². The van der Waals surface area contributed by atoms with Gasteiger partial charge in [0.15, 0.2) is 0 Å². The van der Waals surface area contributed by atoms with Gasteiger partial charge in [-0.25, -0.2) is 0 Å². The molecule has 0 aromatic carbocycles. The molecule has 0 aliphatic carbocycles. The molecule has 1 aliphatic heterocycles. The van der Waals surface area contributed by atoms with Gasteiger partial charge in [0.1, 0.15) is 0 Å². The van der Waals surface area contributed by atoms with Crippen LogP contribution in [0.5, 0.6) is 0 Å². The highest BCUT2D eigenvalue weighted by atomic mass is 16.4. The standard InChI is InChI=1S/C12H22N2O3/c1-9(12(16)17)6-11(15)14(3)8-10-4-5-13(2)7-10/h9-10H,4-8H2,1-3H3,(H,16,17). The maximum Gasteiger partial charge on any atom is 0.306 e. The Morgan fingerprint density at radius 1 is 1.53 bits per heavy atom. The molecule has 2 atom stereocenters. The molecule has 1 aliphatic rings. The van der Waals surface area contributed by atoms with E-state index >= 15 is 0 Å². The summed E-state index contributed by atoms with van der Waals surface area (Å²) in [6.07, 6.45) is 1.21. The monoisotopic (exact) mass is 242 g/mol. The van der Waals surface area contributed by atoms with Crippen LogP contribution in [0.2, 0.25) is 0 Å². The molecule has 0 aromatic heterocycles. The zero-order valence-corrected chi connectivity index (χ0v) is 10.8. The fourth-order valence-corrected chi connectivity index (χ4v) is 2.17. The number of amides is 1. The molecule has 1 N–H and O–H groups in total. The molecule has 1 saturated heterocycles. The third kappa shape index (κ3) is 4.34. The lowest BCUT2D eigenvalue weighted by Gasteiger charge is -2.22. The number of nitrogens with zero attached hydrogens (tertiary/aromatic N) is 2. The van der Waals surface area contributed by atoms with E-state index in [2.05, 4.69) is 11.9 Å². The number of rotatable bonds is 5. The highest BCUT2D eigenvalue weighted by Crippen LogP contribution is 2.16. The molecule has 5 heteroatoms. The first-order chi connectivity index (χ1) is 7.90. The minimum atomic E-state index is -0.910. The van der Waals surface area contributed by atoms with Crippen LogP contribution in [0.15, 0.2) is 0 Å². The Labute approximate surface area is 102 Å². The molecular formula is C12H22N2O3. The summed E-state index contributed by atoms with van der Waals surface area (Å²) < 4.78 is 0. The first-order valence-electron chi connectivity index (χ1n) is 6.05. The lowest BCUT2D eigenvalue weighted by molar-refractivity contribution is -0.145. The van der Waals surface area contributed by atoms with E-state index in [1.807, 2.05) is 0 Å². The minimum absolute atomic E-state index is 0.0746. The van der Waals surface area contributed by atoms with Gasteiger partial charge in [-0.2, -0.15) is 0 Å². The van der Waals surface area contributed by atoms with Gasteiger partial charge in [-0.05, 0) is 25.9 Å². The number of likely N-dealkylation sites (tertiary alicyclic amines) is 1. The number of hydrogen-bond donors (Lipinski definition) is 1. The Kier molecular flexibility index (Phi) is 4.93. The topological polar surface area (TPSA) is 60.9 Å². The van der Waals surface area contributed by atoms with Crippen LogP contribution in [0, 0.1) is 11.8 Å². The molecule has 1 heterocycles. The smallest absolute Gasteiger partial charge is 0.306 e. The minimum Gasteiger partial charge on any atom is -0.481 e. The number of carbonyl (C=O) groups is 2. The zero-order chi connectivity index (χ0) is 13.0. The Morgan fingerprint density at radius 2 is 2.18 bits per heavy atom. The van der Waals surface area contributed by atoms with E-state index in [-0.39, 0.29) is 12.3 Å². The first-order valence-corrected chi connectivity index (χ1v) is 6.05. The number of aliphatic carboxylic acids is 1. The van der Waals surface area contributed by atoms with Crippen LogP contribution < -0.4 is 0 Å².